The molecule has 0 saturated carbocycles. The summed E-state index contributed by atoms with van der Waals surface area (Å²) in [5.74, 6) is -0.0682. The molecule has 0 aliphatic rings. The molecule has 0 bridgehead atoms. The lowest BCUT2D eigenvalue weighted by molar-refractivity contribution is 0.0744. The molecule has 9 heteroatoms. The first kappa shape index (κ1) is 22.0. The lowest BCUT2D eigenvalue weighted by atomic mass is 10.0. The van der Waals surface area contributed by atoms with Crippen molar-refractivity contribution in [1.82, 2.24) is 34.4 Å². The SMILES string of the molecule is CC(C)n1ncc2c(C(=O)N(C)[C@H](C)c3ccc(-n4cncn4)cc3)cc(-c3cccs3)nc21. The number of carbonyl (C=O) groups is 1. The average Bonchev–Trinajstić information content (AvgIpc) is 3.63. The molecule has 0 saturated heterocycles. The van der Waals surface area contributed by atoms with E-state index in [9.17, 15) is 4.79 Å². The molecule has 1 aromatic carbocycles. The van der Waals surface area contributed by atoms with Gasteiger partial charge in [-0.1, -0.05) is 18.2 Å². The smallest absolute Gasteiger partial charge is 0.254 e. The van der Waals surface area contributed by atoms with E-state index in [1.54, 1.807) is 33.4 Å². The Morgan fingerprint density at radius 3 is 2.53 bits per heavy atom. The van der Waals surface area contributed by atoms with Crippen LogP contribution in [0.4, 0.5) is 0 Å². The quantitative estimate of drug-likeness (QED) is 0.342. The first-order chi connectivity index (χ1) is 16.4. The Labute approximate surface area is 201 Å². The van der Waals surface area contributed by atoms with E-state index < -0.39 is 0 Å². The van der Waals surface area contributed by atoms with Gasteiger partial charge in [-0.3, -0.25) is 4.79 Å². The maximum atomic E-state index is 13.8. The Bertz CT molecular complexity index is 1420. The number of thiophene rings is 1. The third kappa shape index (κ3) is 3.88. The van der Waals surface area contributed by atoms with Crippen molar-refractivity contribution in [2.75, 3.05) is 7.05 Å². The van der Waals surface area contributed by atoms with Crippen LogP contribution < -0.4 is 0 Å². The number of rotatable bonds is 6. The van der Waals surface area contributed by atoms with Gasteiger partial charge in [0, 0.05) is 13.1 Å². The van der Waals surface area contributed by atoms with Crippen molar-refractivity contribution in [2.45, 2.75) is 32.9 Å². The minimum Gasteiger partial charge on any atom is -0.335 e. The highest BCUT2D eigenvalue weighted by Gasteiger charge is 2.24. The van der Waals surface area contributed by atoms with Crippen molar-refractivity contribution in [3.63, 3.8) is 0 Å². The molecule has 5 rings (SSSR count). The number of nitrogens with zero attached hydrogens (tertiary/aromatic N) is 7. The molecule has 4 heterocycles. The summed E-state index contributed by atoms with van der Waals surface area (Å²) in [4.78, 5) is 25.4. The predicted octanol–water partition coefficient (Wildman–Crippen LogP) is 5.15. The topological polar surface area (TPSA) is 81.7 Å². The second-order valence-corrected chi connectivity index (χ2v) is 9.42. The van der Waals surface area contributed by atoms with Gasteiger partial charge >= 0.3 is 0 Å². The molecule has 1 atom stereocenters. The molecule has 0 spiro atoms. The van der Waals surface area contributed by atoms with Crippen LogP contribution in [0.15, 0.2) is 66.7 Å². The minimum atomic E-state index is -0.133. The summed E-state index contributed by atoms with van der Waals surface area (Å²) in [6.45, 7) is 6.15. The molecule has 4 aromatic heterocycles. The van der Waals surface area contributed by atoms with Crippen LogP contribution in [0.5, 0.6) is 0 Å². The van der Waals surface area contributed by atoms with Gasteiger partial charge in [0.25, 0.3) is 5.91 Å². The summed E-state index contributed by atoms with van der Waals surface area (Å²) in [7, 11) is 1.84. The Morgan fingerprint density at radius 2 is 1.88 bits per heavy atom. The number of fused-ring (bicyclic) bond motifs is 1. The maximum Gasteiger partial charge on any atom is 0.254 e. The van der Waals surface area contributed by atoms with Gasteiger partial charge in [-0.15, -0.1) is 11.3 Å². The molecular formula is C25H25N7OS. The van der Waals surface area contributed by atoms with Crippen LogP contribution in [0.3, 0.4) is 0 Å². The fraction of sp³-hybridized carbons (Fsp3) is 0.240. The van der Waals surface area contributed by atoms with E-state index in [1.165, 1.54) is 6.33 Å². The van der Waals surface area contributed by atoms with Crippen LogP contribution >= 0.6 is 11.3 Å². The van der Waals surface area contributed by atoms with Crippen LogP contribution in [0.25, 0.3) is 27.3 Å². The van der Waals surface area contributed by atoms with E-state index in [2.05, 4.69) is 29.0 Å². The lowest BCUT2D eigenvalue weighted by Crippen LogP contribution is -2.30. The molecule has 0 fully saturated rings. The van der Waals surface area contributed by atoms with Crippen molar-refractivity contribution in [2.24, 2.45) is 0 Å². The molecule has 34 heavy (non-hydrogen) atoms. The molecule has 8 nitrogen and oxygen atoms in total. The highest BCUT2D eigenvalue weighted by atomic mass is 32.1. The summed E-state index contributed by atoms with van der Waals surface area (Å²) in [6, 6.07) is 13.9. The fourth-order valence-electron chi connectivity index (χ4n) is 3.96. The normalized spacial score (nSPS) is 12.4. The minimum absolute atomic E-state index is 0.0682. The monoisotopic (exact) mass is 471 g/mol. The number of amides is 1. The van der Waals surface area contributed by atoms with Crippen LogP contribution in [0, 0.1) is 0 Å². The van der Waals surface area contributed by atoms with Gasteiger partial charge < -0.3 is 4.90 Å². The lowest BCUT2D eigenvalue weighted by Gasteiger charge is -2.26. The average molecular weight is 472 g/mol. The van der Waals surface area contributed by atoms with E-state index in [0.717, 1.165) is 32.9 Å². The summed E-state index contributed by atoms with van der Waals surface area (Å²) in [5.41, 5.74) is 4.06. The molecule has 0 radical (unpaired) electrons. The van der Waals surface area contributed by atoms with E-state index in [-0.39, 0.29) is 18.0 Å². The zero-order valence-electron chi connectivity index (χ0n) is 19.5. The van der Waals surface area contributed by atoms with Gasteiger partial charge in [0.05, 0.1) is 39.4 Å². The number of hydrogen-bond donors (Lipinski definition) is 0. The largest absolute Gasteiger partial charge is 0.335 e. The second kappa shape index (κ2) is 8.83. The summed E-state index contributed by atoms with van der Waals surface area (Å²) in [6.07, 6.45) is 4.91. The van der Waals surface area contributed by atoms with Crippen molar-refractivity contribution in [1.29, 1.82) is 0 Å². The van der Waals surface area contributed by atoms with E-state index in [4.69, 9.17) is 4.98 Å². The number of carbonyl (C=O) groups excluding carboxylic acids is 1. The predicted molar refractivity (Wildman–Crippen MR) is 133 cm³/mol. The van der Waals surface area contributed by atoms with Gasteiger partial charge in [-0.05, 0) is 56.0 Å². The molecule has 5 aromatic rings. The van der Waals surface area contributed by atoms with Crippen molar-refractivity contribution >= 4 is 28.3 Å². The highest BCUT2D eigenvalue weighted by Crippen LogP contribution is 2.31. The first-order valence-corrected chi connectivity index (χ1v) is 12.0. The molecule has 0 unspecified atom stereocenters. The Hall–Kier alpha value is -3.85. The maximum absolute atomic E-state index is 13.8. The van der Waals surface area contributed by atoms with E-state index >= 15 is 0 Å². The highest BCUT2D eigenvalue weighted by molar-refractivity contribution is 7.13. The molecule has 0 N–H and O–H groups in total. The molecule has 172 valence electrons. The number of benzene rings is 1. The van der Waals surface area contributed by atoms with Gasteiger partial charge in [0.15, 0.2) is 5.65 Å². The molecule has 1 amide bonds. The Morgan fingerprint density at radius 1 is 1.09 bits per heavy atom. The molecule has 0 aliphatic carbocycles. The number of aromatic nitrogens is 6. The van der Waals surface area contributed by atoms with Gasteiger partial charge in [-0.2, -0.15) is 10.2 Å². The fourth-order valence-corrected chi connectivity index (χ4v) is 4.65. The number of pyridine rings is 1. The third-order valence-corrected chi connectivity index (χ3v) is 6.91. The van der Waals surface area contributed by atoms with Crippen molar-refractivity contribution in [3.8, 4) is 16.3 Å². The van der Waals surface area contributed by atoms with E-state index in [1.807, 2.05) is 66.5 Å². The van der Waals surface area contributed by atoms with Gasteiger partial charge in [0.1, 0.15) is 12.7 Å². The zero-order valence-corrected chi connectivity index (χ0v) is 20.3. The summed E-state index contributed by atoms with van der Waals surface area (Å²) in [5, 5.41) is 11.5. The van der Waals surface area contributed by atoms with E-state index in [0.29, 0.717) is 5.56 Å². The van der Waals surface area contributed by atoms with Crippen molar-refractivity contribution in [3.05, 3.63) is 77.8 Å². The van der Waals surface area contributed by atoms with Gasteiger partial charge in [0.2, 0.25) is 0 Å². The summed E-state index contributed by atoms with van der Waals surface area (Å²) >= 11 is 1.60. The standard InChI is InChI=1S/C25H25N7OS/c1-16(2)32-24-21(13-27-32)20(12-22(29-24)23-6-5-11-34-23)25(33)30(4)17(3)18-7-9-19(10-8-18)31-15-26-14-28-31/h5-17H,1-4H3/t17-/m1/s1. The Balaban J connectivity index is 1.50. The molecular weight excluding hydrogens is 446 g/mol. The zero-order chi connectivity index (χ0) is 23.8. The number of hydrogen-bond acceptors (Lipinski definition) is 6. The third-order valence-electron chi connectivity index (χ3n) is 6.02. The van der Waals surface area contributed by atoms with Crippen LogP contribution in [0.2, 0.25) is 0 Å². The van der Waals surface area contributed by atoms with Crippen molar-refractivity contribution < 1.29 is 4.79 Å². The van der Waals surface area contributed by atoms with Gasteiger partial charge in [-0.25, -0.2) is 19.3 Å². The summed E-state index contributed by atoms with van der Waals surface area (Å²) < 4.78 is 3.57. The first-order valence-electron chi connectivity index (χ1n) is 11.1. The van der Waals surface area contributed by atoms with Crippen LogP contribution in [-0.2, 0) is 0 Å². The Kier molecular flexibility index (Phi) is 5.70. The second-order valence-electron chi connectivity index (χ2n) is 8.48. The van der Waals surface area contributed by atoms with Crippen LogP contribution in [-0.4, -0.2) is 47.4 Å². The van der Waals surface area contributed by atoms with Crippen LogP contribution in [0.1, 0.15) is 48.8 Å². The molecule has 0 aliphatic heterocycles.